The number of halogens is 3. The molecule has 5 heteroatoms. The Hall–Kier alpha value is -0.970. The van der Waals surface area contributed by atoms with Crippen LogP contribution in [0.3, 0.4) is 0 Å². The van der Waals surface area contributed by atoms with Gasteiger partial charge in [0.25, 0.3) is 5.91 Å². The average molecular weight is 318 g/mol. The van der Waals surface area contributed by atoms with Crippen molar-refractivity contribution < 1.29 is 13.6 Å². The van der Waals surface area contributed by atoms with E-state index < -0.39 is 23.1 Å². The van der Waals surface area contributed by atoms with E-state index >= 15 is 0 Å². The summed E-state index contributed by atoms with van der Waals surface area (Å²) in [6.07, 6.45) is 0.831. The molecule has 0 aliphatic carbocycles. The van der Waals surface area contributed by atoms with Crippen LogP contribution in [0.5, 0.6) is 0 Å². The molecule has 0 radical (unpaired) electrons. The molecule has 1 aliphatic rings. The first-order chi connectivity index (χ1) is 8.50. The molecule has 1 amide bonds. The van der Waals surface area contributed by atoms with Crippen LogP contribution in [-0.4, -0.2) is 28.7 Å². The van der Waals surface area contributed by atoms with Gasteiger partial charge < -0.3 is 4.90 Å². The number of hydrogen-bond acceptors (Lipinski definition) is 1. The number of piperidine rings is 1. The maximum Gasteiger partial charge on any atom is 0.259 e. The minimum Gasteiger partial charge on any atom is -0.337 e. The minimum atomic E-state index is -0.801. The number of nitrogens with zero attached hydrogens (tertiary/aromatic N) is 1. The van der Waals surface area contributed by atoms with Gasteiger partial charge >= 0.3 is 0 Å². The molecular weight excluding hydrogens is 304 g/mol. The molecule has 0 saturated carbocycles. The molecule has 2 unspecified atom stereocenters. The SMILES string of the molecule is CC1CCN(C(=O)c2c(F)cccc2F)CC1Br. The number of benzene rings is 1. The van der Waals surface area contributed by atoms with E-state index in [1.54, 1.807) is 0 Å². The normalized spacial score (nSPS) is 24.1. The Bertz CT molecular complexity index is 446. The van der Waals surface area contributed by atoms with Crippen LogP contribution >= 0.6 is 15.9 Å². The van der Waals surface area contributed by atoms with Crippen molar-refractivity contribution in [3.05, 3.63) is 35.4 Å². The molecule has 18 heavy (non-hydrogen) atoms. The first-order valence-electron chi connectivity index (χ1n) is 5.88. The van der Waals surface area contributed by atoms with Gasteiger partial charge in [0.1, 0.15) is 17.2 Å². The number of amides is 1. The third-order valence-corrected chi connectivity index (χ3v) is 4.52. The molecule has 1 fully saturated rings. The van der Waals surface area contributed by atoms with Crippen LogP contribution in [-0.2, 0) is 0 Å². The van der Waals surface area contributed by atoms with E-state index in [2.05, 4.69) is 22.9 Å². The number of rotatable bonds is 1. The van der Waals surface area contributed by atoms with Gasteiger partial charge in [0.05, 0.1) is 0 Å². The van der Waals surface area contributed by atoms with Crippen LogP contribution in [0.25, 0.3) is 0 Å². The first kappa shape index (κ1) is 13.5. The van der Waals surface area contributed by atoms with Crippen LogP contribution in [0.2, 0.25) is 0 Å². The Morgan fingerprint density at radius 3 is 2.56 bits per heavy atom. The van der Waals surface area contributed by atoms with E-state index in [0.717, 1.165) is 18.6 Å². The lowest BCUT2D eigenvalue weighted by atomic mass is 9.98. The van der Waals surface area contributed by atoms with Crippen molar-refractivity contribution in [2.75, 3.05) is 13.1 Å². The highest BCUT2D eigenvalue weighted by molar-refractivity contribution is 9.09. The van der Waals surface area contributed by atoms with Gasteiger partial charge in [0.2, 0.25) is 0 Å². The topological polar surface area (TPSA) is 20.3 Å². The van der Waals surface area contributed by atoms with Crippen molar-refractivity contribution in [2.24, 2.45) is 5.92 Å². The fraction of sp³-hybridized carbons (Fsp3) is 0.462. The van der Waals surface area contributed by atoms with Gasteiger partial charge in [-0.1, -0.05) is 28.9 Å². The lowest BCUT2D eigenvalue weighted by Gasteiger charge is -2.34. The molecule has 1 aliphatic heterocycles. The fourth-order valence-electron chi connectivity index (χ4n) is 2.07. The van der Waals surface area contributed by atoms with Crippen LogP contribution in [0.15, 0.2) is 18.2 Å². The molecule has 0 spiro atoms. The Kier molecular flexibility index (Phi) is 4.00. The van der Waals surface area contributed by atoms with E-state index in [1.165, 1.54) is 11.0 Å². The molecular formula is C13H14BrF2NO. The Morgan fingerprint density at radius 1 is 1.39 bits per heavy atom. The third-order valence-electron chi connectivity index (χ3n) is 3.33. The van der Waals surface area contributed by atoms with E-state index in [-0.39, 0.29) is 4.83 Å². The molecule has 1 aromatic carbocycles. The van der Waals surface area contributed by atoms with Gasteiger partial charge in [-0.25, -0.2) is 8.78 Å². The lowest BCUT2D eigenvalue weighted by Crippen LogP contribution is -2.44. The number of hydrogen-bond donors (Lipinski definition) is 0. The lowest BCUT2D eigenvalue weighted by molar-refractivity contribution is 0.0696. The van der Waals surface area contributed by atoms with Crippen molar-refractivity contribution in [3.63, 3.8) is 0 Å². The Balaban J connectivity index is 2.22. The summed E-state index contributed by atoms with van der Waals surface area (Å²) in [5.74, 6) is -1.71. The maximum atomic E-state index is 13.5. The molecule has 2 rings (SSSR count). The summed E-state index contributed by atoms with van der Waals surface area (Å²) in [4.78, 5) is 13.8. The molecule has 98 valence electrons. The number of carbonyl (C=O) groups is 1. The minimum absolute atomic E-state index is 0.171. The zero-order valence-corrected chi connectivity index (χ0v) is 11.6. The van der Waals surface area contributed by atoms with Crippen LogP contribution in [0.4, 0.5) is 8.78 Å². The van der Waals surface area contributed by atoms with E-state index in [9.17, 15) is 13.6 Å². The summed E-state index contributed by atoms with van der Waals surface area (Å²) in [7, 11) is 0. The Morgan fingerprint density at radius 2 is 2.00 bits per heavy atom. The predicted octanol–water partition coefficient (Wildman–Crippen LogP) is 3.21. The first-order valence-corrected chi connectivity index (χ1v) is 6.79. The largest absolute Gasteiger partial charge is 0.337 e. The van der Waals surface area contributed by atoms with Gasteiger partial charge in [0, 0.05) is 17.9 Å². The summed E-state index contributed by atoms with van der Waals surface area (Å²) in [5.41, 5.74) is -0.452. The molecule has 0 bridgehead atoms. The second kappa shape index (κ2) is 5.34. The van der Waals surface area contributed by atoms with Gasteiger partial charge in [-0.05, 0) is 24.5 Å². The molecule has 2 nitrogen and oxygen atoms in total. The van der Waals surface area contributed by atoms with Gasteiger partial charge in [-0.3, -0.25) is 4.79 Å². The summed E-state index contributed by atoms with van der Waals surface area (Å²) >= 11 is 3.49. The molecule has 2 atom stereocenters. The number of alkyl halides is 1. The summed E-state index contributed by atoms with van der Waals surface area (Å²) in [5, 5.41) is 0. The van der Waals surface area contributed by atoms with Crippen LogP contribution in [0, 0.1) is 17.6 Å². The predicted molar refractivity (Wildman–Crippen MR) is 68.8 cm³/mol. The van der Waals surface area contributed by atoms with Crippen molar-refractivity contribution in [2.45, 2.75) is 18.2 Å². The van der Waals surface area contributed by atoms with E-state index in [1.807, 2.05) is 0 Å². The average Bonchev–Trinajstić information content (AvgIpc) is 2.32. The molecule has 1 aromatic rings. The highest BCUT2D eigenvalue weighted by Crippen LogP contribution is 2.25. The number of likely N-dealkylation sites (tertiary alicyclic amines) is 1. The van der Waals surface area contributed by atoms with E-state index in [0.29, 0.717) is 19.0 Å². The van der Waals surface area contributed by atoms with Crippen LogP contribution in [0.1, 0.15) is 23.7 Å². The van der Waals surface area contributed by atoms with Crippen molar-refractivity contribution >= 4 is 21.8 Å². The van der Waals surface area contributed by atoms with E-state index in [4.69, 9.17) is 0 Å². The van der Waals surface area contributed by atoms with Gasteiger partial charge in [-0.15, -0.1) is 0 Å². The summed E-state index contributed by atoms with van der Waals surface area (Å²) in [6.45, 7) is 3.11. The maximum absolute atomic E-state index is 13.5. The third kappa shape index (κ3) is 2.55. The second-order valence-corrected chi connectivity index (χ2v) is 5.81. The Labute approximate surface area is 113 Å². The second-order valence-electron chi connectivity index (χ2n) is 4.63. The molecule has 0 N–H and O–H groups in total. The summed E-state index contributed by atoms with van der Waals surface area (Å²) in [6, 6.07) is 3.47. The van der Waals surface area contributed by atoms with Gasteiger partial charge in [0.15, 0.2) is 0 Å². The van der Waals surface area contributed by atoms with Crippen molar-refractivity contribution in [3.8, 4) is 0 Å². The van der Waals surface area contributed by atoms with Crippen LogP contribution < -0.4 is 0 Å². The standard InChI is InChI=1S/C13H14BrF2NO/c1-8-5-6-17(7-9(8)14)13(18)12-10(15)3-2-4-11(12)16/h2-4,8-9H,5-7H2,1H3. The zero-order valence-electron chi connectivity index (χ0n) is 10.00. The fourth-order valence-corrected chi connectivity index (χ4v) is 2.68. The number of carbonyl (C=O) groups excluding carboxylic acids is 1. The van der Waals surface area contributed by atoms with Crippen molar-refractivity contribution in [1.29, 1.82) is 0 Å². The molecule has 0 aromatic heterocycles. The summed E-state index contributed by atoms with van der Waals surface area (Å²) < 4.78 is 27.1. The smallest absolute Gasteiger partial charge is 0.259 e. The monoisotopic (exact) mass is 317 g/mol. The highest BCUT2D eigenvalue weighted by Gasteiger charge is 2.30. The molecule has 1 heterocycles. The van der Waals surface area contributed by atoms with Gasteiger partial charge in [-0.2, -0.15) is 0 Å². The zero-order chi connectivity index (χ0) is 13.3. The van der Waals surface area contributed by atoms with Crippen molar-refractivity contribution in [1.82, 2.24) is 4.90 Å². The highest BCUT2D eigenvalue weighted by atomic mass is 79.9. The quantitative estimate of drug-likeness (QED) is 0.728. The molecule has 1 saturated heterocycles.